The number of H-pyrrole nitrogens is 1. The highest BCUT2D eigenvalue weighted by Crippen LogP contribution is 2.26. The third kappa shape index (κ3) is 4.67. The molecule has 2 heterocycles. The Bertz CT molecular complexity index is 1110. The second-order valence-corrected chi connectivity index (χ2v) is 7.23. The first-order chi connectivity index (χ1) is 14.1. The van der Waals surface area contributed by atoms with Gasteiger partial charge in [0.2, 0.25) is 0 Å². The van der Waals surface area contributed by atoms with Crippen molar-refractivity contribution >= 4 is 28.5 Å². The fourth-order valence-electron chi connectivity index (χ4n) is 2.95. The normalized spacial score (nSPS) is 12.1. The molecule has 0 aliphatic heterocycles. The number of anilines is 1. The van der Waals surface area contributed by atoms with Gasteiger partial charge in [-0.3, -0.25) is 0 Å². The molecule has 0 amide bonds. The van der Waals surface area contributed by atoms with E-state index >= 15 is 0 Å². The van der Waals surface area contributed by atoms with E-state index in [-0.39, 0.29) is 0 Å². The molecule has 0 fully saturated rings. The fraction of sp³-hybridized carbons (Fsp3) is 0.182. The standard InChI is InChI=1S/C22H21ClN4O2/c1-14(28)12-24-21-19-11-17(13-29-18-9-5-8-16(23)10-18)25-22(19)27-20(26-21)15-6-3-2-4-7-15/h2-11,14,28H,12-13H2,1H3,(H2,24,25,26,27)/t14-/m0/s1. The van der Waals surface area contributed by atoms with Crippen LogP contribution in [0.5, 0.6) is 5.75 Å². The molecule has 4 aromatic rings. The molecule has 0 spiro atoms. The lowest BCUT2D eigenvalue weighted by atomic mass is 10.2. The van der Waals surface area contributed by atoms with Crippen LogP contribution in [0.15, 0.2) is 60.7 Å². The molecule has 7 heteroatoms. The van der Waals surface area contributed by atoms with Crippen LogP contribution in [0.3, 0.4) is 0 Å². The molecule has 2 aromatic carbocycles. The SMILES string of the molecule is C[C@H](O)CNc1nc(-c2ccccc2)nc2[nH]c(COc3cccc(Cl)c3)cc12. The summed E-state index contributed by atoms with van der Waals surface area (Å²) in [7, 11) is 0. The molecule has 0 aliphatic carbocycles. The van der Waals surface area contributed by atoms with E-state index in [9.17, 15) is 5.11 Å². The molecule has 0 aliphatic rings. The summed E-state index contributed by atoms with van der Waals surface area (Å²) in [6.07, 6.45) is -0.496. The fourth-order valence-corrected chi connectivity index (χ4v) is 3.14. The Balaban J connectivity index is 1.66. The van der Waals surface area contributed by atoms with Crippen LogP contribution in [0.4, 0.5) is 5.82 Å². The Morgan fingerprint density at radius 1 is 1.10 bits per heavy atom. The third-order valence-corrected chi connectivity index (χ3v) is 4.57. The van der Waals surface area contributed by atoms with Crippen molar-refractivity contribution in [3.63, 3.8) is 0 Å². The van der Waals surface area contributed by atoms with E-state index in [4.69, 9.17) is 16.3 Å². The van der Waals surface area contributed by atoms with E-state index in [1.807, 2.05) is 48.5 Å². The van der Waals surface area contributed by atoms with E-state index in [2.05, 4.69) is 20.3 Å². The zero-order chi connectivity index (χ0) is 20.2. The van der Waals surface area contributed by atoms with Crippen LogP contribution in [0, 0.1) is 0 Å². The molecule has 0 unspecified atom stereocenters. The van der Waals surface area contributed by atoms with Crippen LogP contribution in [-0.2, 0) is 6.61 Å². The van der Waals surface area contributed by atoms with Gasteiger partial charge >= 0.3 is 0 Å². The number of aliphatic hydroxyl groups is 1. The average Bonchev–Trinajstić information content (AvgIpc) is 3.14. The number of aromatic amines is 1. The largest absolute Gasteiger partial charge is 0.487 e. The highest BCUT2D eigenvalue weighted by Gasteiger charge is 2.13. The van der Waals surface area contributed by atoms with Crippen molar-refractivity contribution in [1.29, 1.82) is 0 Å². The second-order valence-electron chi connectivity index (χ2n) is 6.79. The number of rotatable bonds is 7. The minimum absolute atomic E-state index is 0.340. The zero-order valence-electron chi connectivity index (χ0n) is 15.9. The summed E-state index contributed by atoms with van der Waals surface area (Å²) in [4.78, 5) is 12.7. The van der Waals surface area contributed by atoms with Gasteiger partial charge in [-0.25, -0.2) is 9.97 Å². The second kappa shape index (κ2) is 8.51. The van der Waals surface area contributed by atoms with Gasteiger partial charge in [-0.05, 0) is 31.2 Å². The molecule has 0 saturated heterocycles. The number of hydrogen-bond donors (Lipinski definition) is 3. The average molecular weight is 409 g/mol. The van der Waals surface area contributed by atoms with Crippen LogP contribution < -0.4 is 10.1 Å². The van der Waals surface area contributed by atoms with Gasteiger partial charge < -0.3 is 20.1 Å². The lowest BCUT2D eigenvalue weighted by molar-refractivity contribution is 0.208. The van der Waals surface area contributed by atoms with E-state index in [1.54, 1.807) is 19.1 Å². The highest BCUT2D eigenvalue weighted by atomic mass is 35.5. The van der Waals surface area contributed by atoms with Crippen molar-refractivity contribution in [3.8, 4) is 17.1 Å². The number of fused-ring (bicyclic) bond motifs is 1. The van der Waals surface area contributed by atoms with Crippen molar-refractivity contribution in [1.82, 2.24) is 15.0 Å². The topological polar surface area (TPSA) is 83.1 Å². The molecule has 6 nitrogen and oxygen atoms in total. The number of nitrogens with one attached hydrogen (secondary N) is 2. The van der Waals surface area contributed by atoms with Gasteiger partial charge in [0, 0.05) is 17.1 Å². The molecule has 0 radical (unpaired) electrons. The summed E-state index contributed by atoms with van der Waals surface area (Å²) in [5.41, 5.74) is 2.48. The number of aromatic nitrogens is 3. The lowest BCUT2D eigenvalue weighted by Crippen LogP contribution is -2.16. The Kier molecular flexibility index (Phi) is 5.64. The van der Waals surface area contributed by atoms with Gasteiger partial charge in [-0.1, -0.05) is 48.0 Å². The van der Waals surface area contributed by atoms with Gasteiger partial charge in [0.1, 0.15) is 23.8 Å². The minimum Gasteiger partial charge on any atom is -0.487 e. The Morgan fingerprint density at radius 2 is 1.93 bits per heavy atom. The summed E-state index contributed by atoms with van der Waals surface area (Å²) < 4.78 is 5.83. The predicted molar refractivity (Wildman–Crippen MR) is 115 cm³/mol. The first-order valence-electron chi connectivity index (χ1n) is 9.34. The van der Waals surface area contributed by atoms with Crippen LogP contribution in [0.2, 0.25) is 5.02 Å². The van der Waals surface area contributed by atoms with Crippen LogP contribution in [0.25, 0.3) is 22.4 Å². The van der Waals surface area contributed by atoms with E-state index in [0.29, 0.717) is 41.2 Å². The first kappa shape index (κ1) is 19.2. The summed E-state index contributed by atoms with van der Waals surface area (Å²) >= 11 is 6.01. The number of ether oxygens (including phenoxy) is 1. The summed E-state index contributed by atoms with van der Waals surface area (Å²) in [6, 6.07) is 19.0. The van der Waals surface area contributed by atoms with Gasteiger partial charge in [0.05, 0.1) is 17.2 Å². The van der Waals surface area contributed by atoms with Gasteiger partial charge in [-0.15, -0.1) is 0 Å². The number of aliphatic hydroxyl groups excluding tert-OH is 1. The summed E-state index contributed by atoms with van der Waals surface area (Å²) in [6.45, 7) is 2.46. The van der Waals surface area contributed by atoms with E-state index < -0.39 is 6.10 Å². The van der Waals surface area contributed by atoms with Crippen LogP contribution in [-0.4, -0.2) is 32.7 Å². The molecule has 1 atom stereocenters. The van der Waals surface area contributed by atoms with Gasteiger partial charge in [-0.2, -0.15) is 0 Å². The smallest absolute Gasteiger partial charge is 0.163 e. The van der Waals surface area contributed by atoms with Crippen molar-refractivity contribution in [2.24, 2.45) is 0 Å². The molecule has 0 saturated carbocycles. The summed E-state index contributed by atoms with van der Waals surface area (Å²) in [5.74, 6) is 1.97. The van der Waals surface area contributed by atoms with Crippen molar-refractivity contribution in [2.75, 3.05) is 11.9 Å². The lowest BCUT2D eigenvalue weighted by Gasteiger charge is -2.10. The van der Waals surface area contributed by atoms with Gasteiger partial charge in [0.25, 0.3) is 0 Å². The molecular formula is C22H21ClN4O2. The molecule has 0 bridgehead atoms. The van der Waals surface area contributed by atoms with E-state index in [0.717, 1.165) is 16.6 Å². The number of nitrogens with zero attached hydrogens (tertiary/aromatic N) is 2. The van der Waals surface area contributed by atoms with Crippen molar-refractivity contribution < 1.29 is 9.84 Å². The Morgan fingerprint density at radius 3 is 2.69 bits per heavy atom. The number of halogens is 1. The Labute approximate surface area is 173 Å². The molecular weight excluding hydrogens is 388 g/mol. The van der Waals surface area contributed by atoms with Crippen molar-refractivity contribution in [2.45, 2.75) is 19.6 Å². The maximum Gasteiger partial charge on any atom is 0.163 e. The molecule has 2 aromatic heterocycles. The van der Waals surface area contributed by atoms with Crippen LogP contribution in [0.1, 0.15) is 12.6 Å². The molecule has 3 N–H and O–H groups in total. The van der Waals surface area contributed by atoms with E-state index in [1.165, 1.54) is 0 Å². The Hall–Kier alpha value is -3.09. The quantitative estimate of drug-likeness (QED) is 0.414. The number of hydrogen-bond acceptors (Lipinski definition) is 5. The summed E-state index contributed by atoms with van der Waals surface area (Å²) in [5, 5.41) is 14.3. The number of benzene rings is 2. The minimum atomic E-state index is -0.496. The van der Waals surface area contributed by atoms with Crippen LogP contribution >= 0.6 is 11.6 Å². The third-order valence-electron chi connectivity index (χ3n) is 4.33. The first-order valence-corrected chi connectivity index (χ1v) is 9.71. The predicted octanol–water partition coefficient (Wildman–Crippen LogP) is 4.65. The monoisotopic (exact) mass is 408 g/mol. The zero-order valence-corrected chi connectivity index (χ0v) is 16.6. The maximum atomic E-state index is 9.67. The molecule has 148 valence electrons. The highest BCUT2D eigenvalue weighted by molar-refractivity contribution is 6.30. The van der Waals surface area contributed by atoms with Gasteiger partial charge in [0.15, 0.2) is 5.82 Å². The molecule has 4 rings (SSSR count). The van der Waals surface area contributed by atoms with Crippen molar-refractivity contribution in [3.05, 3.63) is 71.4 Å². The molecule has 29 heavy (non-hydrogen) atoms. The maximum absolute atomic E-state index is 9.67.